The topological polar surface area (TPSA) is 60.2 Å². The fourth-order valence-corrected chi connectivity index (χ4v) is 1.74. The maximum atomic E-state index is 5.28. The summed E-state index contributed by atoms with van der Waals surface area (Å²) in [6.07, 6.45) is 0.835. The van der Waals surface area contributed by atoms with Crippen molar-refractivity contribution in [2.45, 2.75) is 32.3 Å². The van der Waals surface area contributed by atoms with Gasteiger partial charge in [-0.15, -0.1) is 0 Å². The summed E-state index contributed by atoms with van der Waals surface area (Å²) in [4.78, 5) is 4.42. The van der Waals surface area contributed by atoms with Crippen molar-refractivity contribution in [1.29, 1.82) is 0 Å². The molecule has 0 saturated carbocycles. The van der Waals surface area contributed by atoms with Gasteiger partial charge in [-0.25, -0.2) is 0 Å². The van der Waals surface area contributed by atoms with Crippen LogP contribution in [-0.2, 0) is 11.2 Å². The summed E-state index contributed by atoms with van der Waals surface area (Å²) in [6, 6.07) is 0. The van der Waals surface area contributed by atoms with Crippen molar-refractivity contribution in [3.8, 4) is 0 Å². The van der Waals surface area contributed by atoms with E-state index in [9.17, 15) is 0 Å². The second-order valence-corrected chi connectivity index (χ2v) is 4.51. The Balaban J connectivity index is 1.95. The van der Waals surface area contributed by atoms with Crippen LogP contribution in [0.1, 0.15) is 31.5 Å². The summed E-state index contributed by atoms with van der Waals surface area (Å²) in [7, 11) is 1.69. The van der Waals surface area contributed by atoms with Gasteiger partial charge in [-0.05, 0) is 25.9 Å². The second kappa shape index (κ2) is 4.93. The number of methoxy groups -OCH3 is 1. The minimum atomic E-state index is 0.131. The SMILES string of the molecule is COC(C)Cc1noc(C(C)C2CNC2)n1. The van der Waals surface area contributed by atoms with Crippen molar-refractivity contribution in [2.75, 3.05) is 20.2 Å². The highest BCUT2D eigenvalue weighted by Gasteiger charge is 2.28. The Morgan fingerprint density at radius 1 is 1.50 bits per heavy atom. The van der Waals surface area contributed by atoms with Crippen molar-refractivity contribution in [3.63, 3.8) is 0 Å². The Kier molecular flexibility index (Phi) is 3.56. The zero-order chi connectivity index (χ0) is 11.5. The van der Waals surface area contributed by atoms with Gasteiger partial charge < -0.3 is 14.6 Å². The van der Waals surface area contributed by atoms with Gasteiger partial charge in [0.25, 0.3) is 0 Å². The molecule has 1 aliphatic rings. The van der Waals surface area contributed by atoms with Gasteiger partial charge in [0.2, 0.25) is 5.89 Å². The molecule has 1 aliphatic heterocycles. The van der Waals surface area contributed by atoms with E-state index in [4.69, 9.17) is 9.26 Å². The quantitative estimate of drug-likeness (QED) is 0.809. The van der Waals surface area contributed by atoms with Crippen LogP contribution in [0.25, 0.3) is 0 Å². The molecule has 2 heterocycles. The molecule has 0 amide bonds. The molecule has 1 aromatic heterocycles. The number of nitrogens with one attached hydrogen (secondary N) is 1. The van der Waals surface area contributed by atoms with E-state index in [1.807, 2.05) is 6.92 Å². The molecule has 1 fully saturated rings. The molecular weight excluding hydrogens is 206 g/mol. The predicted molar refractivity (Wildman–Crippen MR) is 59.2 cm³/mol. The molecule has 0 aliphatic carbocycles. The molecule has 5 heteroatoms. The molecule has 2 atom stereocenters. The fourth-order valence-electron chi connectivity index (χ4n) is 1.74. The number of ether oxygens (including phenoxy) is 1. The Bertz CT molecular complexity index is 336. The molecular formula is C11H19N3O2. The predicted octanol–water partition coefficient (Wildman–Crippen LogP) is 0.970. The van der Waals surface area contributed by atoms with Crippen LogP contribution >= 0.6 is 0 Å². The van der Waals surface area contributed by atoms with Crippen LogP contribution in [0.5, 0.6) is 0 Å². The smallest absolute Gasteiger partial charge is 0.229 e. The lowest BCUT2D eigenvalue weighted by atomic mass is 9.89. The Morgan fingerprint density at radius 2 is 2.25 bits per heavy atom. The highest BCUT2D eigenvalue weighted by atomic mass is 16.5. The third-order valence-electron chi connectivity index (χ3n) is 3.27. The molecule has 1 N–H and O–H groups in total. The maximum absolute atomic E-state index is 5.28. The average molecular weight is 225 g/mol. The van der Waals surface area contributed by atoms with Gasteiger partial charge in [-0.2, -0.15) is 4.98 Å². The third kappa shape index (κ3) is 2.41. The Labute approximate surface area is 95.6 Å². The molecule has 2 rings (SSSR count). The van der Waals surface area contributed by atoms with E-state index in [1.54, 1.807) is 7.11 Å². The molecule has 2 unspecified atom stereocenters. The minimum Gasteiger partial charge on any atom is -0.381 e. The molecule has 16 heavy (non-hydrogen) atoms. The van der Waals surface area contributed by atoms with Crippen LogP contribution in [0.4, 0.5) is 0 Å². The van der Waals surface area contributed by atoms with Crippen molar-refractivity contribution in [1.82, 2.24) is 15.5 Å². The van der Waals surface area contributed by atoms with Crippen LogP contribution in [0.15, 0.2) is 4.52 Å². The van der Waals surface area contributed by atoms with E-state index in [0.29, 0.717) is 18.3 Å². The molecule has 90 valence electrons. The van der Waals surface area contributed by atoms with E-state index in [0.717, 1.165) is 24.8 Å². The number of hydrogen-bond acceptors (Lipinski definition) is 5. The first-order chi connectivity index (χ1) is 7.70. The largest absolute Gasteiger partial charge is 0.381 e. The van der Waals surface area contributed by atoms with Gasteiger partial charge in [0.1, 0.15) is 0 Å². The zero-order valence-electron chi connectivity index (χ0n) is 10.1. The van der Waals surface area contributed by atoms with Crippen LogP contribution in [0.2, 0.25) is 0 Å². The lowest BCUT2D eigenvalue weighted by Gasteiger charge is -2.30. The van der Waals surface area contributed by atoms with Gasteiger partial charge in [0.05, 0.1) is 6.10 Å². The molecule has 0 bridgehead atoms. The van der Waals surface area contributed by atoms with E-state index in [1.165, 1.54) is 0 Å². The maximum Gasteiger partial charge on any atom is 0.229 e. The molecule has 0 spiro atoms. The third-order valence-corrected chi connectivity index (χ3v) is 3.27. The normalized spacial score (nSPS) is 20.4. The van der Waals surface area contributed by atoms with E-state index in [2.05, 4.69) is 22.4 Å². The fraction of sp³-hybridized carbons (Fsp3) is 0.818. The van der Waals surface area contributed by atoms with Gasteiger partial charge in [-0.3, -0.25) is 0 Å². The lowest BCUT2D eigenvalue weighted by molar-refractivity contribution is 0.116. The first-order valence-corrected chi connectivity index (χ1v) is 5.76. The Morgan fingerprint density at radius 3 is 2.81 bits per heavy atom. The highest BCUT2D eigenvalue weighted by Crippen LogP contribution is 2.25. The summed E-state index contributed by atoms with van der Waals surface area (Å²) in [6.45, 7) is 6.23. The zero-order valence-corrected chi connectivity index (χ0v) is 10.1. The summed E-state index contributed by atoms with van der Waals surface area (Å²) in [5.41, 5.74) is 0. The number of hydrogen-bond donors (Lipinski definition) is 1. The van der Waals surface area contributed by atoms with Crippen molar-refractivity contribution < 1.29 is 9.26 Å². The lowest BCUT2D eigenvalue weighted by Crippen LogP contribution is -2.44. The monoisotopic (exact) mass is 225 g/mol. The van der Waals surface area contributed by atoms with Crippen LogP contribution in [-0.4, -0.2) is 36.4 Å². The molecule has 5 nitrogen and oxygen atoms in total. The van der Waals surface area contributed by atoms with Crippen molar-refractivity contribution >= 4 is 0 Å². The van der Waals surface area contributed by atoms with Gasteiger partial charge in [0.15, 0.2) is 5.82 Å². The summed E-state index contributed by atoms with van der Waals surface area (Å²) >= 11 is 0. The average Bonchev–Trinajstić information content (AvgIpc) is 2.63. The Hall–Kier alpha value is -0.940. The van der Waals surface area contributed by atoms with Crippen LogP contribution in [0, 0.1) is 5.92 Å². The first-order valence-electron chi connectivity index (χ1n) is 5.76. The standard InChI is InChI=1S/C11H19N3O2/c1-7(15-3)4-10-13-11(16-14-10)8(2)9-5-12-6-9/h7-9,12H,4-6H2,1-3H3. The van der Waals surface area contributed by atoms with E-state index < -0.39 is 0 Å². The first kappa shape index (κ1) is 11.5. The molecule has 1 aromatic rings. The number of aromatic nitrogens is 2. The summed E-state index contributed by atoms with van der Waals surface area (Å²) in [5.74, 6) is 2.47. The minimum absolute atomic E-state index is 0.131. The van der Waals surface area contributed by atoms with E-state index >= 15 is 0 Å². The molecule has 1 saturated heterocycles. The van der Waals surface area contributed by atoms with Crippen molar-refractivity contribution in [3.05, 3.63) is 11.7 Å². The van der Waals surface area contributed by atoms with Gasteiger partial charge in [0, 0.05) is 19.4 Å². The van der Waals surface area contributed by atoms with Crippen molar-refractivity contribution in [2.24, 2.45) is 5.92 Å². The summed E-state index contributed by atoms with van der Waals surface area (Å²) < 4.78 is 10.5. The summed E-state index contributed by atoms with van der Waals surface area (Å²) in [5, 5.41) is 7.23. The van der Waals surface area contributed by atoms with Gasteiger partial charge in [-0.1, -0.05) is 12.1 Å². The van der Waals surface area contributed by atoms with E-state index in [-0.39, 0.29) is 6.10 Å². The second-order valence-electron chi connectivity index (χ2n) is 4.51. The van der Waals surface area contributed by atoms with Crippen LogP contribution in [0.3, 0.4) is 0 Å². The number of rotatable bonds is 5. The van der Waals surface area contributed by atoms with Gasteiger partial charge >= 0.3 is 0 Å². The van der Waals surface area contributed by atoms with Crippen LogP contribution < -0.4 is 5.32 Å². The molecule has 0 radical (unpaired) electrons. The molecule has 0 aromatic carbocycles. The highest BCUT2D eigenvalue weighted by molar-refractivity contribution is 4.99. The number of nitrogens with zero attached hydrogens (tertiary/aromatic N) is 2.